The molecule has 0 aromatic rings. The SMILES string of the molecule is CCCO[Si](OC)(OC)OCOCC. The average molecular weight is 224 g/mol. The topological polar surface area (TPSA) is 46.2 Å². The van der Waals surface area contributed by atoms with Gasteiger partial charge >= 0.3 is 9.05 Å². The van der Waals surface area contributed by atoms with E-state index in [1.165, 1.54) is 14.2 Å². The normalized spacial score (nSPS) is 12.0. The van der Waals surface area contributed by atoms with E-state index >= 15 is 0 Å². The first kappa shape index (κ1) is 14.0. The highest BCUT2D eigenvalue weighted by molar-refractivity contribution is 6.53. The van der Waals surface area contributed by atoms with Gasteiger partial charge in [0.15, 0.2) is 0 Å². The molecule has 0 amide bonds. The molecule has 0 rings (SSSR count). The van der Waals surface area contributed by atoms with Gasteiger partial charge in [-0.15, -0.1) is 0 Å². The number of hydrogen-bond donors (Lipinski definition) is 0. The third-order valence-electron chi connectivity index (χ3n) is 1.51. The van der Waals surface area contributed by atoms with Gasteiger partial charge < -0.3 is 22.4 Å². The van der Waals surface area contributed by atoms with Crippen LogP contribution in [0.25, 0.3) is 0 Å². The molecule has 0 aliphatic carbocycles. The fourth-order valence-electron chi connectivity index (χ4n) is 0.785. The maximum atomic E-state index is 5.42. The second-order valence-electron chi connectivity index (χ2n) is 2.51. The lowest BCUT2D eigenvalue weighted by molar-refractivity contribution is -0.0760. The zero-order valence-corrected chi connectivity index (χ0v) is 10.4. The van der Waals surface area contributed by atoms with Crippen LogP contribution < -0.4 is 0 Å². The maximum Gasteiger partial charge on any atom is 0.680 e. The van der Waals surface area contributed by atoms with Crippen LogP contribution >= 0.6 is 0 Å². The monoisotopic (exact) mass is 224 g/mol. The summed E-state index contributed by atoms with van der Waals surface area (Å²) in [7, 11) is 0.0958. The summed E-state index contributed by atoms with van der Waals surface area (Å²) < 4.78 is 26.0. The molecule has 0 fully saturated rings. The van der Waals surface area contributed by atoms with Gasteiger partial charge in [-0.05, 0) is 13.3 Å². The third kappa shape index (κ3) is 5.04. The molecular formula is C8H20O5Si. The van der Waals surface area contributed by atoms with E-state index in [-0.39, 0.29) is 6.79 Å². The largest absolute Gasteiger partial charge is 0.680 e. The molecule has 0 spiro atoms. The Bertz CT molecular complexity index is 129. The summed E-state index contributed by atoms with van der Waals surface area (Å²) in [4.78, 5) is 0. The fraction of sp³-hybridized carbons (Fsp3) is 1.00. The van der Waals surface area contributed by atoms with Gasteiger partial charge in [-0.1, -0.05) is 6.92 Å². The van der Waals surface area contributed by atoms with E-state index in [1.54, 1.807) is 0 Å². The minimum atomic E-state index is -2.93. The van der Waals surface area contributed by atoms with Crippen LogP contribution in [0.4, 0.5) is 0 Å². The summed E-state index contributed by atoms with van der Waals surface area (Å²) in [5, 5.41) is 0. The summed E-state index contributed by atoms with van der Waals surface area (Å²) in [6, 6.07) is 0. The molecule has 14 heavy (non-hydrogen) atoms. The molecule has 6 heteroatoms. The van der Waals surface area contributed by atoms with E-state index in [2.05, 4.69) is 0 Å². The molecule has 0 aliphatic heterocycles. The molecule has 0 saturated carbocycles. The Labute approximate surface area is 86.7 Å². The van der Waals surface area contributed by atoms with Gasteiger partial charge in [0.25, 0.3) is 0 Å². The van der Waals surface area contributed by atoms with Crippen LogP contribution in [0.5, 0.6) is 0 Å². The van der Waals surface area contributed by atoms with Crippen LogP contribution in [0.2, 0.25) is 0 Å². The van der Waals surface area contributed by atoms with E-state index in [1.807, 2.05) is 13.8 Å². The van der Waals surface area contributed by atoms with Crippen LogP contribution in [0, 0.1) is 0 Å². The smallest absolute Gasteiger partial charge is 0.356 e. The quantitative estimate of drug-likeness (QED) is 0.334. The molecule has 0 bridgehead atoms. The molecule has 0 radical (unpaired) electrons. The molecule has 0 aromatic carbocycles. The minimum Gasteiger partial charge on any atom is -0.356 e. The van der Waals surface area contributed by atoms with E-state index < -0.39 is 9.05 Å². The molecule has 86 valence electrons. The van der Waals surface area contributed by atoms with Gasteiger partial charge in [0, 0.05) is 27.4 Å². The van der Waals surface area contributed by atoms with E-state index in [0.717, 1.165) is 6.42 Å². The first-order valence-electron chi connectivity index (χ1n) is 4.70. The highest BCUT2D eigenvalue weighted by atomic mass is 28.4. The molecular weight excluding hydrogens is 204 g/mol. The van der Waals surface area contributed by atoms with Gasteiger partial charge in [0.1, 0.15) is 6.79 Å². The Balaban J connectivity index is 3.94. The lowest BCUT2D eigenvalue weighted by atomic mass is 10.5. The van der Waals surface area contributed by atoms with Crippen LogP contribution in [0.1, 0.15) is 20.3 Å². The van der Waals surface area contributed by atoms with Crippen molar-refractivity contribution < 1.29 is 22.4 Å². The highest BCUT2D eigenvalue weighted by Crippen LogP contribution is 2.09. The van der Waals surface area contributed by atoms with Gasteiger partial charge in [0.2, 0.25) is 0 Å². The van der Waals surface area contributed by atoms with E-state index in [4.69, 9.17) is 22.4 Å². The average Bonchev–Trinajstić information content (AvgIpc) is 2.24. The molecule has 0 N–H and O–H groups in total. The van der Waals surface area contributed by atoms with Crippen molar-refractivity contribution >= 4 is 9.05 Å². The van der Waals surface area contributed by atoms with Crippen LogP contribution in [-0.2, 0) is 22.4 Å². The van der Waals surface area contributed by atoms with Crippen molar-refractivity contribution in [1.29, 1.82) is 0 Å². The van der Waals surface area contributed by atoms with Crippen molar-refractivity contribution in [1.82, 2.24) is 0 Å². The second kappa shape index (κ2) is 8.34. The lowest BCUT2D eigenvalue weighted by Crippen LogP contribution is -2.48. The minimum absolute atomic E-state index is 0.133. The zero-order valence-electron chi connectivity index (χ0n) is 9.37. The molecule has 0 saturated heterocycles. The van der Waals surface area contributed by atoms with Crippen LogP contribution in [0.3, 0.4) is 0 Å². The first-order valence-corrected chi connectivity index (χ1v) is 6.33. The fourth-order valence-corrected chi connectivity index (χ4v) is 2.19. The van der Waals surface area contributed by atoms with Gasteiger partial charge in [0.05, 0.1) is 0 Å². The molecule has 0 heterocycles. The van der Waals surface area contributed by atoms with Gasteiger partial charge in [-0.25, -0.2) is 0 Å². The van der Waals surface area contributed by atoms with Crippen molar-refractivity contribution in [2.45, 2.75) is 20.3 Å². The molecule has 5 nitrogen and oxygen atoms in total. The molecule has 0 aliphatic rings. The molecule has 0 atom stereocenters. The van der Waals surface area contributed by atoms with Crippen molar-refractivity contribution in [3.8, 4) is 0 Å². The lowest BCUT2D eigenvalue weighted by Gasteiger charge is -2.24. The second-order valence-corrected chi connectivity index (χ2v) is 4.91. The summed E-state index contributed by atoms with van der Waals surface area (Å²) in [6.45, 7) is 5.17. The number of ether oxygens (including phenoxy) is 1. The van der Waals surface area contributed by atoms with Crippen LogP contribution in [-0.4, -0.2) is 43.3 Å². The standard InChI is InChI=1S/C8H20O5Si/c1-5-7-12-14(9-3,10-4)13-8-11-6-2/h5-8H2,1-4H3. The predicted octanol–water partition coefficient (Wildman–Crippen LogP) is 1.15. The van der Waals surface area contributed by atoms with Gasteiger partial charge in [-0.3, -0.25) is 0 Å². The summed E-state index contributed by atoms with van der Waals surface area (Å²) in [5.74, 6) is 0. The van der Waals surface area contributed by atoms with Crippen molar-refractivity contribution in [3.05, 3.63) is 0 Å². The summed E-state index contributed by atoms with van der Waals surface area (Å²) in [5.41, 5.74) is 0. The number of hydrogen-bond acceptors (Lipinski definition) is 5. The first-order chi connectivity index (χ1) is 6.74. The Kier molecular flexibility index (Phi) is 8.35. The van der Waals surface area contributed by atoms with Gasteiger partial charge in [-0.2, -0.15) is 0 Å². The maximum absolute atomic E-state index is 5.42. The summed E-state index contributed by atoms with van der Waals surface area (Å²) in [6.07, 6.45) is 0.888. The van der Waals surface area contributed by atoms with E-state index in [0.29, 0.717) is 13.2 Å². The number of rotatable bonds is 9. The third-order valence-corrected chi connectivity index (χ3v) is 3.54. The van der Waals surface area contributed by atoms with Crippen molar-refractivity contribution in [2.75, 3.05) is 34.2 Å². The van der Waals surface area contributed by atoms with E-state index in [9.17, 15) is 0 Å². The Morgan fingerprint density at radius 2 is 1.64 bits per heavy atom. The van der Waals surface area contributed by atoms with Crippen molar-refractivity contribution in [3.63, 3.8) is 0 Å². The highest BCUT2D eigenvalue weighted by Gasteiger charge is 2.43. The molecule has 0 unspecified atom stereocenters. The summed E-state index contributed by atoms with van der Waals surface area (Å²) >= 11 is 0. The van der Waals surface area contributed by atoms with Crippen LogP contribution in [0.15, 0.2) is 0 Å². The Hall–Kier alpha value is 0.0169. The predicted molar refractivity (Wildman–Crippen MR) is 53.6 cm³/mol. The Morgan fingerprint density at radius 3 is 2.07 bits per heavy atom. The zero-order chi connectivity index (χ0) is 10.9. The molecule has 0 aromatic heterocycles. The van der Waals surface area contributed by atoms with Crippen molar-refractivity contribution in [2.24, 2.45) is 0 Å². The Morgan fingerprint density at radius 1 is 1.00 bits per heavy atom.